The van der Waals surface area contributed by atoms with E-state index in [2.05, 4.69) is 11.3 Å². The lowest BCUT2D eigenvalue weighted by Crippen LogP contribution is -1.84. The molecule has 0 aromatic carbocycles. The van der Waals surface area contributed by atoms with Gasteiger partial charge in [0.25, 0.3) is 0 Å². The summed E-state index contributed by atoms with van der Waals surface area (Å²) in [7, 11) is 1.58. The predicted molar refractivity (Wildman–Crippen MR) is 39.8 cm³/mol. The van der Waals surface area contributed by atoms with Crippen LogP contribution in [0.5, 0.6) is 0 Å². The molecule has 0 N–H and O–H groups in total. The Morgan fingerprint density at radius 3 is 2.70 bits per heavy atom. The number of methoxy groups -OCH3 is 1. The number of ether oxygens (including phenoxy) is 1. The Kier molecular flexibility index (Phi) is 3.52. The van der Waals surface area contributed by atoms with Crippen LogP contribution in [0.4, 0.5) is 0 Å². The molecule has 1 aliphatic carbocycles. The topological polar surface area (TPSA) is 9.23 Å². The average molecular weight is 133 g/mol. The van der Waals surface area contributed by atoms with Crippen molar-refractivity contribution in [2.75, 3.05) is 7.11 Å². The molecule has 0 aromatic rings. The van der Waals surface area contributed by atoms with Gasteiger partial charge in [-0.15, -0.1) is 0 Å². The molecule has 0 aromatic heterocycles. The lowest BCUT2D eigenvalue weighted by atomic mass is 10.1. The van der Waals surface area contributed by atoms with Gasteiger partial charge in [0.1, 0.15) is 0 Å². The summed E-state index contributed by atoms with van der Waals surface area (Å²) in [4.78, 5) is 0. The molecular formula is C9H9O. The highest BCUT2D eigenvalue weighted by Gasteiger charge is 2.12. The van der Waals surface area contributed by atoms with Gasteiger partial charge >= 0.3 is 0 Å². The van der Waals surface area contributed by atoms with Crippen LogP contribution in [0.15, 0.2) is 12.2 Å². The van der Waals surface area contributed by atoms with Crippen molar-refractivity contribution < 1.29 is 4.74 Å². The molecule has 1 rings (SSSR count). The first-order valence-electron chi connectivity index (χ1n) is 3.10. The van der Waals surface area contributed by atoms with Crippen LogP contribution < -0.4 is 0 Å². The van der Waals surface area contributed by atoms with Crippen molar-refractivity contribution >= 4 is 0 Å². The second-order valence-corrected chi connectivity index (χ2v) is 1.87. The second-order valence-electron chi connectivity index (χ2n) is 1.87. The largest absolute Gasteiger partial charge is 0.367 e. The lowest BCUT2D eigenvalue weighted by molar-refractivity contribution is 0.296. The molecule has 1 saturated carbocycles. The molecule has 0 heterocycles. The van der Waals surface area contributed by atoms with E-state index < -0.39 is 0 Å². The molecule has 10 heavy (non-hydrogen) atoms. The molecule has 1 nitrogen and oxygen atoms in total. The highest BCUT2D eigenvalue weighted by molar-refractivity contribution is 5.42. The normalized spacial score (nSPS) is 20.9. The van der Waals surface area contributed by atoms with Gasteiger partial charge in [0.2, 0.25) is 0 Å². The summed E-state index contributed by atoms with van der Waals surface area (Å²) in [6, 6.07) is 0. The summed E-state index contributed by atoms with van der Waals surface area (Å²) in [5.74, 6) is 1.17. The van der Waals surface area contributed by atoms with E-state index in [1.54, 1.807) is 13.2 Å². The average Bonchev–Trinajstić information content (AvgIpc) is 2.41. The van der Waals surface area contributed by atoms with Crippen molar-refractivity contribution in [1.29, 1.82) is 0 Å². The SMILES string of the molecule is CO[C]/C=C/[C]1[CH][CH][CH][CH]1. The Morgan fingerprint density at radius 1 is 1.40 bits per heavy atom. The van der Waals surface area contributed by atoms with Gasteiger partial charge in [-0.2, -0.15) is 0 Å². The Balaban J connectivity index is 2.10. The summed E-state index contributed by atoms with van der Waals surface area (Å²) in [5.41, 5.74) is 0. The minimum Gasteiger partial charge on any atom is -0.367 e. The third-order valence-corrected chi connectivity index (χ3v) is 1.15. The Labute approximate surface area is 63.1 Å². The van der Waals surface area contributed by atoms with Crippen molar-refractivity contribution in [3.8, 4) is 0 Å². The number of allylic oxidation sites excluding steroid dienone is 1. The van der Waals surface area contributed by atoms with E-state index >= 15 is 0 Å². The van der Waals surface area contributed by atoms with Gasteiger partial charge in [0, 0.05) is 13.0 Å². The quantitative estimate of drug-likeness (QED) is 0.568. The van der Waals surface area contributed by atoms with E-state index in [4.69, 9.17) is 0 Å². The molecule has 1 heteroatoms. The number of hydrogen-bond donors (Lipinski definition) is 0. The van der Waals surface area contributed by atoms with Crippen molar-refractivity contribution in [3.63, 3.8) is 0 Å². The monoisotopic (exact) mass is 133 g/mol. The minimum atomic E-state index is 1.17. The molecule has 0 bridgehead atoms. The van der Waals surface area contributed by atoms with Crippen LogP contribution >= 0.6 is 0 Å². The molecule has 1 fully saturated rings. The van der Waals surface area contributed by atoms with E-state index in [-0.39, 0.29) is 0 Å². The molecule has 0 amide bonds. The molecule has 0 spiro atoms. The van der Waals surface area contributed by atoms with Crippen LogP contribution in [-0.4, -0.2) is 7.11 Å². The Hall–Kier alpha value is -0.300. The lowest BCUT2D eigenvalue weighted by Gasteiger charge is -1.96. The van der Waals surface area contributed by atoms with Crippen LogP contribution in [0, 0.1) is 38.2 Å². The van der Waals surface area contributed by atoms with E-state index in [1.807, 2.05) is 31.8 Å². The van der Waals surface area contributed by atoms with Gasteiger partial charge in [-0.3, -0.25) is 0 Å². The van der Waals surface area contributed by atoms with Crippen LogP contribution in [0.3, 0.4) is 0 Å². The van der Waals surface area contributed by atoms with Crippen LogP contribution in [-0.2, 0) is 4.74 Å². The summed E-state index contributed by atoms with van der Waals surface area (Å²) >= 11 is 0. The van der Waals surface area contributed by atoms with Gasteiger partial charge in [0.05, 0.1) is 0 Å². The zero-order chi connectivity index (χ0) is 7.23. The summed E-state index contributed by atoms with van der Waals surface area (Å²) in [6.07, 6.45) is 11.7. The van der Waals surface area contributed by atoms with E-state index in [0.717, 1.165) is 0 Å². The minimum absolute atomic E-state index is 1.17. The van der Waals surface area contributed by atoms with Gasteiger partial charge < -0.3 is 4.74 Å². The van der Waals surface area contributed by atoms with Crippen molar-refractivity contribution in [1.82, 2.24) is 0 Å². The molecular weight excluding hydrogens is 124 g/mol. The summed E-state index contributed by atoms with van der Waals surface area (Å²) in [5, 5.41) is 0. The maximum absolute atomic E-state index is 4.60. The molecule has 7 radical (unpaired) electrons. The van der Waals surface area contributed by atoms with Crippen molar-refractivity contribution in [3.05, 3.63) is 50.4 Å². The third-order valence-electron chi connectivity index (χ3n) is 1.15. The standard InChI is InChI=1S/C9H9O/c1-10-8-4-7-9-5-2-3-6-9/h2-7H,1H3/b7-4+. The van der Waals surface area contributed by atoms with Gasteiger partial charge in [-0.25, -0.2) is 0 Å². The van der Waals surface area contributed by atoms with Crippen molar-refractivity contribution in [2.24, 2.45) is 0 Å². The fraction of sp³-hybridized carbons (Fsp3) is 0.111. The summed E-state index contributed by atoms with van der Waals surface area (Å²) in [6.45, 7) is 2.61. The second kappa shape index (κ2) is 4.51. The van der Waals surface area contributed by atoms with E-state index in [0.29, 0.717) is 0 Å². The highest BCUT2D eigenvalue weighted by Crippen LogP contribution is 2.23. The first-order chi connectivity index (χ1) is 4.93. The maximum atomic E-state index is 4.60. The fourth-order valence-corrected chi connectivity index (χ4v) is 0.698. The first kappa shape index (κ1) is 7.80. The van der Waals surface area contributed by atoms with Crippen LogP contribution in [0.2, 0.25) is 0 Å². The molecule has 1 aliphatic rings. The zero-order valence-electron chi connectivity index (χ0n) is 5.87. The predicted octanol–water partition coefficient (Wildman–Crippen LogP) is 1.63. The fourth-order valence-electron chi connectivity index (χ4n) is 0.698. The highest BCUT2D eigenvalue weighted by atomic mass is 16.5. The number of hydrogen-bond acceptors (Lipinski definition) is 1. The van der Waals surface area contributed by atoms with Gasteiger partial charge in [0.15, 0.2) is 6.61 Å². The Morgan fingerprint density at radius 2 is 2.10 bits per heavy atom. The third kappa shape index (κ3) is 2.53. The van der Waals surface area contributed by atoms with E-state index in [9.17, 15) is 0 Å². The van der Waals surface area contributed by atoms with Crippen LogP contribution in [0.25, 0.3) is 0 Å². The molecule has 0 unspecified atom stereocenters. The Bertz CT molecular complexity index is 101. The number of rotatable bonds is 3. The van der Waals surface area contributed by atoms with Crippen LogP contribution in [0.1, 0.15) is 0 Å². The van der Waals surface area contributed by atoms with Gasteiger partial charge in [-0.05, 0) is 31.8 Å². The summed E-state index contributed by atoms with van der Waals surface area (Å²) < 4.78 is 4.60. The molecule has 51 valence electrons. The van der Waals surface area contributed by atoms with Crippen molar-refractivity contribution in [2.45, 2.75) is 0 Å². The zero-order valence-corrected chi connectivity index (χ0v) is 5.87. The maximum Gasteiger partial charge on any atom is 0.157 e. The van der Waals surface area contributed by atoms with E-state index in [1.165, 1.54) is 5.92 Å². The van der Waals surface area contributed by atoms with Gasteiger partial charge in [-0.1, -0.05) is 6.08 Å². The molecule has 0 aliphatic heterocycles. The molecule has 0 saturated heterocycles. The first-order valence-corrected chi connectivity index (χ1v) is 3.10. The molecule has 0 atom stereocenters. The smallest absolute Gasteiger partial charge is 0.157 e.